The molecular formula is C22H23NO. The fourth-order valence-electron chi connectivity index (χ4n) is 4.00. The van der Waals surface area contributed by atoms with E-state index in [-0.39, 0.29) is 0 Å². The van der Waals surface area contributed by atoms with Gasteiger partial charge in [-0.15, -0.1) is 0 Å². The molecule has 0 amide bonds. The lowest BCUT2D eigenvalue weighted by Crippen LogP contribution is -2.26. The molecule has 0 N–H and O–H groups in total. The van der Waals surface area contributed by atoms with Crippen molar-refractivity contribution in [3.8, 4) is 11.3 Å². The fourth-order valence-corrected chi connectivity index (χ4v) is 4.00. The molecule has 0 saturated heterocycles. The van der Waals surface area contributed by atoms with Gasteiger partial charge in [-0.05, 0) is 32.4 Å². The third-order valence-corrected chi connectivity index (χ3v) is 5.18. The number of hydrogen-bond donors (Lipinski definition) is 0. The number of rotatable bonds is 2. The van der Waals surface area contributed by atoms with Crippen LogP contribution < -0.4 is 4.90 Å². The Morgan fingerprint density at radius 1 is 1.04 bits per heavy atom. The summed E-state index contributed by atoms with van der Waals surface area (Å²) in [5.41, 5.74) is 6.59. The lowest BCUT2D eigenvalue weighted by Gasteiger charge is -2.30. The number of aryl methyl sites for hydroxylation is 1. The first-order valence-electron chi connectivity index (χ1n) is 8.72. The van der Waals surface area contributed by atoms with Gasteiger partial charge in [0.15, 0.2) is 0 Å². The lowest BCUT2D eigenvalue weighted by molar-refractivity contribution is 0.539. The maximum absolute atomic E-state index is 6.26. The van der Waals surface area contributed by atoms with E-state index in [1.807, 2.05) is 0 Å². The molecule has 0 fully saturated rings. The summed E-state index contributed by atoms with van der Waals surface area (Å²) in [7, 11) is 0. The van der Waals surface area contributed by atoms with Crippen LogP contribution in [-0.4, -0.2) is 6.54 Å². The molecule has 2 heterocycles. The van der Waals surface area contributed by atoms with Gasteiger partial charge in [-0.25, -0.2) is 0 Å². The molecule has 4 rings (SSSR count). The number of benzene rings is 2. The number of fused-ring (bicyclic) bond motifs is 2. The average Bonchev–Trinajstić information content (AvgIpc) is 2.87. The third-order valence-electron chi connectivity index (χ3n) is 5.18. The zero-order valence-corrected chi connectivity index (χ0v) is 14.5. The fraction of sp³-hybridized carbons (Fsp3) is 0.273. The molecule has 2 nitrogen and oxygen atoms in total. The Bertz CT molecular complexity index is 863. The van der Waals surface area contributed by atoms with E-state index in [1.165, 1.54) is 22.4 Å². The largest absolute Gasteiger partial charge is 0.461 e. The van der Waals surface area contributed by atoms with Gasteiger partial charge in [0.2, 0.25) is 0 Å². The van der Waals surface area contributed by atoms with Crippen LogP contribution in [0.2, 0.25) is 0 Å². The van der Waals surface area contributed by atoms with E-state index in [9.17, 15) is 0 Å². The highest BCUT2D eigenvalue weighted by atomic mass is 16.3. The zero-order chi connectivity index (χ0) is 16.7. The molecule has 1 aliphatic heterocycles. The molecular weight excluding hydrogens is 294 g/mol. The van der Waals surface area contributed by atoms with Gasteiger partial charge in [0, 0.05) is 35.3 Å². The van der Waals surface area contributed by atoms with Gasteiger partial charge in [-0.1, -0.05) is 48.5 Å². The van der Waals surface area contributed by atoms with Crippen LogP contribution >= 0.6 is 0 Å². The molecule has 2 aromatic carbocycles. The highest BCUT2D eigenvalue weighted by Crippen LogP contribution is 2.44. The molecule has 2 heteroatoms. The van der Waals surface area contributed by atoms with E-state index in [4.69, 9.17) is 4.42 Å². The van der Waals surface area contributed by atoms with Crippen LogP contribution in [0.5, 0.6) is 0 Å². The Morgan fingerprint density at radius 2 is 1.75 bits per heavy atom. The topological polar surface area (TPSA) is 16.4 Å². The van der Waals surface area contributed by atoms with Crippen LogP contribution in [-0.2, 0) is 6.42 Å². The minimum absolute atomic E-state index is 0.293. The van der Waals surface area contributed by atoms with Crippen molar-refractivity contribution in [3.05, 3.63) is 77.0 Å². The smallest absolute Gasteiger partial charge is 0.139 e. The molecule has 0 spiro atoms. The summed E-state index contributed by atoms with van der Waals surface area (Å²) in [4.78, 5) is 2.49. The Balaban J connectivity index is 1.95. The zero-order valence-electron chi connectivity index (χ0n) is 14.5. The highest BCUT2D eigenvalue weighted by molar-refractivity contribution is 5.69. The van der Waals surface area contributed by atoms with Crippen molar-refractivity contribution in [2.75, 3.05) is 11.4 Å². The van der Waals surface area contributed by atoms with E-state index in [2.05, 4.69) is 80.3 Å². The van der Waals surface area contributed by atoms with Gasteiger partial charge < -0.3 is 9.32 Å². The molecule has 0 aliphatic carbocycles. The van der Waals surface area contributed by atoms with Gasteiger partial charge in [0.1, 0.15) is 11.5 Å². The van der Waals surface area contributed by atoms with E-state index in [0.29, 0.717) is 6.04 Å². The maximum Gasteiger partial charge on any atom is 0.139 e. The molecule has 1 atom stereocenters. The van der Waals surface area contributed by atoms with Gasteiger partial charge in [0.05, 0.1) is 6.04 Å². The quantitative estimate of drug-likeness (QED) is 0.598. The van der Waals surface area contributed by atoms with E-state index < -0.39 is 0 Å². The maximum atomic E-state index is 6.26. The van der Waals surface area contributed by atoms with Gasteiger partial charge >= 0.3 is 0 Å². The van der Waals surface area contributed by atoms with Crippen molar-refractivity contribution < 1.29 is 4.42 Å². The standard InChI is InChI=1S/C22H23NO/c1-4-23-15(2)21-19(14-18-12-8-9-13-20(18)23)16(3)24-22(21)17-10-6-5-7-11-17/h5-13,15H,4,14H2,1-3H3/t15-/m0/s1. The van der Waals surface area contributed by atoms with Crippen LogP contribution in [0.4, 0.5) is 5.69 Å². The first-order valence-corrected chi connectivity index (χ1v) is 8.72. The lowest BCUT2D eigenvalue weighted by atomic mass is 9.96. The molecule has 24 heavy (non-hydrogen) atoms. The first kappa shape index (κ1) is 15.1. The monoisotopic (exact) mass is 317 g/mol. The summed E-state index contributed by atoms with van der Waals surface area (Å²) < 4.78 is 6.26. The van der Waals surface area contributed by atoms with Gasteiger partial charge in [0.25, 0.3) is 0 Å². The number of hydrogen-bond acceptors (Lipinski definition) is 2. The number of nitrogens with zero attached hydrogens (tertiary/aromatic N) is 1. The summed E-state index contributed by atoms with van der Waals surface area (Å²) >= 11 is 0. The highest BCUT2D eigenvalue weighted by Gasteiger charge is 2.31. The van der Waals surface area contributed by atoms with Crippen molar-refractivity contribution in [2.45, 2.75) is 33.2 Å². The molecule has 122 valence electrons. The molecule has 1 aromatic heterocycles. The first-order chi connectivity index (χ1) is 11.7. The van der Waals surface area contributed by atoms with Crippen LogP contribution in [0.15, 0.2) is 59.0 Å². The number of anilines is 1. The SMILES string of the molecule is CCN1c2ccccc2Cc2c(C)oc(-c3ccccc3)c2[C@@H]1C. The van der Waals surface area contributed by atoms with Crippen LogP contribution in [0.1, 0.15) is 42.3 Å². The summed E-state index contributed by atoms with van der Waals surface area (Å²) in [5, 5.41) is 0. The van der Waals surface area contributed by atoms with Gasteiger partial charge in [-0.3, -0.25) is 0 Å². The average molecular weight is 317 g/mol. The second kappa shape index (κ2) is 5.86. The minimum Gasteiger partial charge on any atom is -0.461 e. The number of para-hydroxylation sites is 1. The number of furan rings is 1. The Kier molecular flexibility index (Phi) is 3.68. The predicted octanol–water partition coefficient (Wildman–Crippen LogP) is 5.75. The summed E-state index contributed by atoms with van der Waals surface area (Å²) in [6, 6.07) is 19.5. The Hall–Kier alpha value is -2.48. The van der Waals surface area contributed by atoms with Crippen molar-refractivity contribution in [3.63, 3.8) is 0 Å². The van der Waals surface area contributed by atoms with Crippen LogP contribution in [0.3, 0.4) is 0 Å². The molecule has 0 unspecified atom stereocenters. The van der Waals surface area contributed by atoms with Crippen molar-refractivity contribution in [2.24, 2.45) is 0 Å². The Morgan fingerprint density at radius 3 is 2.50 bits per heavy atom. The third kappa shape index (κ3) is 2.25. The van der Waals surface area contributed by atoms with E-state index in [1.54, 1.807) is 0 Å². The van der Waals surface area contributed by atoms with Crippen molar-refractivity contribution >= 4 is 5.69 Å². The predicted molar refractivity (Wildman–Crippen MR) is 99.6 cm³/mol. The molecule has 0 radical (unpaired) electrons. The van der Waals surface area contributed by atoms with Gasteiger partial charge in [-0.2, -0.15) is 0 Å². The van der Waals surface area contributed by atoms with Crippen molar-refractivity contribution in [1.82, 2.24) is 0 Å². The Labute approximate surface area is 143 Å². The van der Waals surface area contributed by atoms with Crippen LogP contribution in [0, 0.1) is 6.92 Å². The molecule has 0 bridgehead atoms. The molecule has 3 aromatic rings. The van der Waals surface area contributed by atoms with Crippen LogP contribution in [0.25, 0.3) is 11.3 Å². The van der Waals surface area contributed by atoms with E-state index in [0.717, 1.165) is 30.0 Å². The minimum atomic E-state index is 0.293. The normalized spacial score (nSPS) is 16.5. The van der Waals surface area contributed by atoms with E-state index >= 15 is 0 Å². The summed E-state index contributed by atoms with van der Waals surface area (Å²) in [5.74, 6) is 2.07. The second-order valence-corrected chi connectivity index (χ2v) is 6.51. The van der Waals surface area contributed by atoms with Crippen molar-refractivity contribution in [1.29, 1.82) is 0 Å². The second-order valence-electron chi connectivity index (χ2n) is 6.51. The summed E-state index contributed by atoms with van der Waals surface area (Å²) in [6.07, 6.45) is 0.939. The molecule has 0 saturated carbocycles. The molecule has 1 aliphatic rings. The summed E-state index contributed by atoms with van der Waals surface area (Å²) in [6.45, 7) is 7.61.